The summed E-state index contributed by atoms with van der Waals surface area (Å²) >= 11 is 1.39. The third-order valence-electron chi connectivity index (χ3n) is 5.40. The molecular formula is C21H19F3N2O3S. The average molecular weight is 436 g/mol. The summed E-state index contributed by atoms with van der Waals surface area (Å²) in [7, 11) is 1.52. The Bertz CT molecular complexity index is 1010. The van der Waals surface area contributed by atoms with Crippen LogP contribution >= 0.6 is 11.8 Å². The highest BCUT2D eigenvalue weighted by molar-refractivity contribution is 8.01. The van der Waals surface area contributed by atoms with Crippen molar-refractivity contribution in [1.82, 2.24) is 4.90 Å². The lowest BCUT2D eigenvalue weighted by Gasteiger charge is -2.32. The summed E-state index contributed by atoms with van der Waals surface area (Å²) in [4.78, 5) is 27.9. The number of alkyl halides is 3. The molecule has 2 aromatic rings. The highest BCUT2D eigenvalue weighted by Gasteiger charge is 2.59. The van der Waals surface area contributed by atoms with Crippen LogP contribution in [0.2, 0.25) is 0 Å². The minimum Gasteiger partial charge on any atom is -0.497 e. The van der Waals surface area contributed by atoms with Gasteiger partial charge in [-0.25, -0.2) is 0 Å². The first-order valence-electron chi connectivity index (χ1n) is 9.27. The summed E-state index contributed by atoms with van der Waals surface area (Å²) in [6.45, 7) is 1.97. The molecule has 0 bridgehead atoms. The van der Waals surface area contributed by atoms with Gasteiger partial charge in [-0.15, -0.1) is 11.8 Å². The number of anilines is 1. The van der Waals surface area contributed by atoms with E-state index in [0.29, 0.717) is 34.9 Å². The van der Waals surface area contributed by atoms with Crippen molar-refractivity contribution < 1.29 is 27.5 Å². The molecule has 2 aliphatic rings. The van der Waals surface area contributed by atoms with E-state index in [4.69, 9.17) is 4.74 Å². The van der Waals surface area contributed by atoms with E-state index in [2.05, 4.69) is 0 Å². The highest BCUT2D eigenvalue weighted by Crippen LogP contribution is 2.55. The van der Waals surface area contributed by atoms with E-state index in [0.717, 1.165) is 12.1 Å². The van der Waals surface area contributed by atoms with Gasteiger partial charge in [0.25, 0.3) is 5.91 Å². The molecule has 2 heterocycles. The number of carbonyl (C=O) groups excluding carboxylic acids is 2. The van der Waals surface area contributed by atoms with Gasteiger partial charge in [0.15, 0.2) is 4.87 Å². The predicted octanol–water partition coefficient (Wildman–Crippen LogP) is 4.01. The first kappa shape index (κ1) is 20.6. The zero-order chi connectivity index (χ0) is 21.7. The third kappa shape index (κ3) is 3.12. The maximum atomic E-state index is 13.6. The Morgan fingerprint density at radius 2 is 1.90 bits per heavy atom. The van der Waals surface area contributed by atoms with Gasteiger partial charge in [0.1, 0.15) is 5.75 Å². The van der Waals surface area contributed by atoms with Gasteiger partial charge in [0, 0.05) is 24.8 Å². The highest BCUT2D eigenvalue weighted by atomic mass is 32.2. The normalized spacial score (nSPS) is 20.8. The Morgan fingerprint density at radius 3 is 2.50 bits per heavy atom. The molecule has 158 valence electrons. The molecule has 5 nitrogen and oxygen atoms in total. The first-order chi connectivity index (χ1) is 14.2. The molecule has 0 aliphatic carbocycles. The second kappa shape index (κ2) is 7.23. The van der Waals surface area contributed by atoms with Gasteiger partial charge in [-0.05, 0) is 35.9 Å². The van der Waals surface area contributed by atoms with E-state index in [9.17, 15) is 22.8 Å². The fourth-order valence-corrected chi connectivity index (χ4v) is 5.49. The summed E-state index contributed by atoms with van der Waals surface area (Å²) in [6.07, 6.45) is -4.42. The van der Waals surface area contributed by atoms with Crippen LogP contribution < -0.4 is 9.64 Å². The van der Waals surface area contributed by atoms with Crippen LogP contribution in [0.5, 0.6) is 5.75 Å². The van der Waals surface area contributed by atoms with Crippen molar-refractivity contribution in [3.8, 4) is 5.75 Å². The van der Waals surface area contributed by atoms with Crippen LogP contribution in [0.3, 0.4) is 0 Å². The molecule has 30 heavy (non-hydrogen) atoms. The van der Waals surface area contributed by atoms with Gasteiger partial charge in [-0.1, -0.05) is 12.1 Å². The fraction of sp³-hybridized carbons (Fsp3) is 0.333. The standard InChI is InChI=1S/C21H19F3N2O3S/c1-13(27)26-9-10-30-20(26)17-11-16(29-2)7-8-18(17)25(19(20)28)12-14-3-5-15(6-4-14)21(22,23)24/h3-8,11H,9-10,12H2,1-2H3/t20-/m1/s1. The van der Waals surface area contributed by atoms with Gasteiger partial charge in [0.05, 0.1) is 24.9 Å². The predicted molar refractivity (Wildman–Crippen MR) is 107 cm³/mol. The largest absolute Gasteiger partial charge is 0.497 e. The van der Waals surface area contributed by atoms with Gasteiger partial charge in [0.2, 0.25) is 5.91 Å². The fourth-order valence-electron chi connectivity index (χ4n) is 3.99. The molecule has 1 fully saturated rings. The van der Waals surface area contributed by atoms with Crippen LogP contribution in [0.15, 0.2) is 42.5 Å². The van der Waals surface area contributed by atoms with Crippen LogP contribution in [0.25, 0.3) is 0 Å². The molecule has 0 radical (unpaired) electrons. The van der Waals surface area contributed by atoms with Crippen LogP contribution in [0, 0.1) is 0 Å². The van der Waals surface area contributed by atoms with Crippen molar-refractivity contribution in [2.24, 2.45) is 0 Å². The van der Waals surface area contributed by atoms with Crippen molar-refractivity contribution in [1.29, 1.82) is 0 Å². The number of rotatable bonds is 3. The lowest BCUT2D eigenvalue weighted by molar-refractivity contribution is -0.138. The summed E-state index contributed by atoms with van der Waals surface area (Å²) < 4.78 is 43.9. The molecule has 1 saturated heterocycles. The van der Waals surface area contributed by atoms with E-state index in [-0.39, 0.29) is 18.4 Å². The Morgan fingerprint density at radius 1 is 1.20 bits per heavy atom. The molecule has 9 heteroatoms. The maximum Gasteiger partial charge on any atom is 0.416 e. The molecule has 2 aliphatic heterocycles. The van der Waals surface area contributed by atoms with E-state index in [1.807, 2.05) is 0 Å². The smallest absolute Gasteiger partial charge is 0.416 e. The minimum atomic E-state index is -4.42. The summed E-state index contributed by atoms with van der Waals surface area (Å²) in [5, 5.41) is 0. The average Bonchev–Trinajstić information content (AvgIpc) is 3.25. The zero-order valence-electron chi connectivity index (χ0n) is 16.3. The van der Waals surface area contributed by atoms with Crippen molar-refractivity contribution in [2.45, 2.75) is 24.5 Å². The third-order valence-corrected chi connectivity index (χ3v) is 6.82. The van der Waals surface area contributed by atoms with Crippen molar-refractivity contribution in [3.05, 3.63) is 59.2 Å². The number of halogens is 3. The van der Waals surface area contributed by atoms with Gasteiger partial charge >= 0.3 is 6.18 Å². The number of methoxy groups -OCH3 is 1. The number of nitrogens with zero attached hydrogens (tertiary/aromatic N) is 2. The second-order valence-corrected chi connectivity index (χ2v) is 8.42. The van der Waals surface area contributed by atoms with Crippen LogP contribution in [-0.4, -0.2) is 36.1 Å². The van der Waals surface area contributed by atoms with Gasteiger partial charge in [-0.2, -0.15) is 13.2 Å². The number of ether oxygens (including phenoxy) is 1. The summed E-state index contributed by atoms with van der Waals surface area (Å²) in [6, 6.07) is 9.99. The van der Waals surface area contributed by atoms with Crippen LogP contribution in [0.4, 0.5) is 18.9 Å². The zero-order valence-corrected chi connectivity index (χ0v) is 17.1. The SMILES string of the molecule is COc1ccc2c(c1)[C@@]1(SCCN1C(C)=O)C(=O)N2Cc1ccc(C(F)(F)F)cc1. The molecule has 0 N–H and O–H groups in total. The maximum absolute atomic E-state index is 13.6. The topological polar surface area (TPSA) is 49.9 Å². The molecular weight excluding hydrogens is 417 g/mol. The number of benzene rings is 2. The number of amides is 2. The van der Waals surface area contributed by atoms with Crippen LogP contribution in [-0.2, 0) is 27.2 Å². The Balaban J connectivity index is 1.75. The van der Waals surface area contributed by atoms with E-state index < -0.39 is 16.6 Å². The van der Waals surface area contributed by atoms with Crippen LogP contribution in [0.1, 0.15) is 23.6 Å². The molecule has 0 aromatic heterocycles. The van der Waals surface area contributed by atoms with Crippen molar-refractivity contribution in [2.75, 3.05) is 24.3 Å². The van der Waals surface area contributed by atoms with E-state index in [1.165, 1.54) is 42.8 Å². The first-order valence-corrected chi connectivity index (χ1v) is 10.3. The quantitative estimate of drug-likeness (QED) is 0.730. The number of fused-ring (bicyclic) bond motifs is 2. The lowest BCUT2D eigenvalue weighted by atomic mass is 10.1. The van der Waals surface area contributed by atoms with Crippen molar-refractivity contribution in [3.63, 3.8) is 0 Å². The van der Waals surface area contributed by atoms with E-state index >= 15 is 0 Å². The molecule has 0 saturated carbocycles. The van der Waals surface area contributed by atoms with Gasteiger partial charge in [-0.3, -0.25) is 9.59 Å². The Kier molecular flexibility index (Phi) is 4.96. The molecule has 2 aromatic carbocycles. The molecule has 4 rings (SSSR count). The van der Waals surface area contributed by atoms with Crippen molar-refractivity contribution >= 4 is 29.3 Å². The van der Waals surface area contributed by atoms with E-state index in [1.54, 1.807) is 23.1 Å². The summed E-state index contributed by atoms with van der Waals surface area (Å²) in [5.74, 6) is 0.686. The van der Waals surface area contributed by atoms with Gasteiger partial charge < -0.3 is 14.5 Å². The Hall–Kier alpha value is -2.68. The number of thioether (sulfide) groups is 1. The number of carbonyl (C=O) groups is 2. The molecule has 0 unspecified atom stereocenters. The molecule has 1 atom stereocenters. The monoisotopic (exact) mass is 436 g/mol. The summed E-state index contributed by atoms with van der Waals surface area (Å²) in [5.41, 5.74) is 1.11. The molecule has 2 amide bonds. The second-order valence-electron chi connectivity index (χ2n) is 7.13. The minimum absolute atomic E-state index is 0.102. The number of hydrogen-bond acceptors (Lipinski definition) is 4. The molecule has 1 spiro atoms. The number of hydrogen-bond donors (Lipinski definition) is 0. The lowest BCUT2D eigenvalue weighted by Crippen LogP contribution is -2.49. The Labute approximate surface area is 175 Å².